The van der Waals surface area contributed by atoms with E-state index in [1.165, 1.54) is 19.3 Å². The fourth-order valence-corrected chi connectivity index (χ4v) is 6.26. The van der Waals surface area contributed by atoms with E-state index in [1.807, 2.05) is 0 Å². The van der Waals surface area contributed by atoms with Crippen molar-refractivity contribution in [3.8, 4) is 0 Å². The Bertz CT molecular complexity index is 516. The van der Waals surface area contributed by atoms with Crippen LogP contribution in [0.2, 0.25) is 0 Å². The zero-order chi connectivity index (χ0) is 17.4. The molecular weight excluding hydrogens is 314 g/mol. The molecule has 1 aliphatic heterocycles. The molecule has 5 rings (SSSR count). The number of nitrogens with one attached hydrogen (secondary N) is 1. The standard InChI is InChI=1S/C20H31N3O2/c1-2-3-21-18(24)14-22-4-6-23(7-5-22)19(25)20-11-15-8-16(12-20)10-17(9-15)13-20/h2,15-17H,1,3-14H2,(H,21,24). The normalized spacial score (nSPS) is 37.1. The van der Waals surface area contributed by atoms with Crippen LogP contribution < -0.4 is 5.32 Å². The van der Waals surface area contributed by atoms with E-state index in [4.69, 9.17) is 0 Å². The minimum Gasteiger partial charge on any atom is -0.352 e. The highest BCUT2D eigenvalue weighted by molar-refractivity contribution is 5.83. The number of carbonyl (C=O) groups is 2. The van der Waals surface area contributed by atoms with Gasteiger partial charge in [-0.15, -0.1) is 6.58 Å². The van der Waals surface area contributed by atoms with Gasteiger partial charge in [-0.05, 0) is 56.3 Å². The average Bonchev–Trinajstić information content (AvgIpc) is 2.59. The highest BCUT2D eigenvalue weighted by atomic mass is 16.2. The summed E-state index contributed by atoms with van der Waals surface area (Å²) in [5, 5.41) is 2.82. The Morgan fingerprint density at radius 2 is 1.56 bits per heavy atom. The Morgan fingerprint density at radius 3 is 2.08 bits per heavy atom. The lowest BCUT2D eigenvalue weighted by Gasteiger charge is -2.57. The summed E-state index contributed by atoms with van der Waals surface area (Å²) in [6, 6.07) is 0. The molecule has 0 atom stereocenters. The van der Waals surface area contributed by atoms with Gasteiger partial charge in [-0.3, -0.25) is 14.5 Å². The van der Waals surface area contributed by atoms with Crippen molar-refractivity contribution in [1.29, 1.82) is 0 Å². The molecule has 0 aromatic carbocycles. The van der Waals surface area contributed by atoms with E-state index in [0.717, 1.165) is 63.2 Å². The first-order chi connectivity index (χ1) is 12.1. The summed E-state index contributed by atoms with van der Waals surface area (Å²) in [7, 11) is 0. The van der Waals surface area contributed by atoms with E-state index in [1.54, 1.807) is 6.08 Å². The van der Waals surface area contributed by atoms with Crippen LogP contribution in [0.5, 0.6) is 0 Å². The van der Waals surface area contributed by atoms with Gasteiger partial charge in [0.1, 0.15) is 0 Å². The van der Waals surface area contributed by atoms with Crippen LogP contribution in [0.25, 0.3) is 0 Å². The molecule has 4 bridgehead atoms. The molecule has 0 aromatic rings. The predicted octanol–water partition coefficient (Wildman–Crippen LogP) is 1.65. The monoisotopic (exact) mass is 345 g/mol. The zero-order valence-corrected chi connectivity index (χ0v) is 15.2. The van der Waals surface area contributed by atoms with Gasteiger partial charge in [0.15, 0.2) is 0 Å². The lowest BCUT2D eigenvalue weighted by molar-refractivity contribution is -0.159. The average molecular weight is 345 g/mol. The number of rotatable bonds is 5. The summed E-state index contributed by atoms with van der Waals surface area (Å²) in [5.41, 5.74) is -0.0295. The Balaban J connectivity index is 1.31. The molecule has 0 unspecified atom stereocenters. The summed E-state index contributed by atoms with van der Waals surface area (Å²) < 4.78 is 0. The van der Waals surface area contributed by atoms with E-state index in [2.05, 4.69) is 21.7 Å². The molecule has 1 N–H and O–H groups in total. The molecule has 1 heterocycles. The molecule has 0 radical (unpaired) electrons. The van der Waals surface area contributed by atoms with Crippen molar-refractivity contribution in [3.63, 3.8) is 0 Å². The maximum absolute atomic E-state index is 13.3. The van der Waals surface area contributed by atoms with Crippen molar-refractivity contribution < 1.29 is 9.59 Å². The molecule has 5 nitrogen and oxygen atoms in total. The third-order valence-corrected chi connectivity index (χ3v) is 6.96. The van der Waals surface area contributed by atoms with Crippen LogP contribution in [0.3, 0.4) is 0 Å². The zero-order valence-electron chi connectivity index (χ0n) is 15.2. The van der Waals surface area contributed by atoms with E-state index < -0.39 is 0 Å². The van der Waals surface area contributed by atoms with Crippen molar-refractivity contribution in [3.05, 3.63) is 12.7 Å². The van der Waals surface area contributed by atoms with E-state index in [0.29, 0.717) is 19.0 Å². The molecule has 5 fully saturated rings. The second-order valence-corrected chi connectivity index (χ2v) is 8.86. The lowest BCUT2D eigenvalue weighted by atomic mass is 9.49. The van der Waals surface area contributed by atoms with Gasteiger partial charge >= 0.3 is 0 Å². The van der Waals surface area contributed by atoms with Crippen LogP contribution in [0.4, 0.5) is 0 Å². The number of nitrogens with zero attached hydrogens (tertiary/aromatic N) is 2. The van der Waals surface area contributed by atoms with Gasteiger partial charge in [0, 0.05) is 32.7 Å². The maximum atomic E-state index is 13.3. The Morgan fingerprint density at radius 1 is 1.00 bits per heavy atom. The smallest absolute Gasteiger partial charge is 0.234 e. The summed E-state index contributed by atoms with van der Waals surface area (Å²) in [6.07, 6.45) is 9.24. The minimum atomic E-state index is -0.0295. The molecule has 138 valence electrons. The number of piperazine rings is 1. The Kier molecular flexibility index (Phi) is 4.61. The topological polar surface area (TPSA) is 52.7 Å². The number of amides is 2. The van der Waals surface area contributed by atoms with Crippen LogP contribution in [-0.4, -0.2) is 60.9 Å². The third-order valence-electron chi connectivity index (χ3n) is 6.96. The van der Waals surface area contributed by atoms with Gasteiger partial charge in [0.25, 0.3) is 0 Å². The van der Waals surface area contributed by atoms with Crippen LogP contribution in [0, 0.1) is 23.2 Å². The fourth-order valence-electron chi connectivity index (χ4n) is 6.26. The van der Waals surface area contributed by atoms with Crippen molar-refractivity contribution >= 4 is 11.8 Å². The third kappa shape index (κ3) is 3.35. The number of carbonyl (C=O) groups excluding carboxylic acids is 2. The molecule has 5 heteroatoms. The first-order valence-electron chi connectivity index (χ1n) is 9.97. The summed E-state index contributed by atoms with van der Waals surface area (Å²) in [5.74, 6) is 2.91. The first-order valence-corrected chi connectivity index (χ1v) is 9.97. The van der Waals surface area contributed by atoms with Gasteiger partial charge in [-0.2, -0.15) is 0 Å². The molecule has 2 amide bonds. The fraction of sp³-hybridized carbons (Fsp3) is 0.800. The van der Waals surface area contributed by atoms with Crippen molar-refractivity contribution in [2.24, 2.45) is 23.2 Å². The van der Waals surface area contributed by atoms with Crippen molar-refractivity contribution in [2.75, 3.05) is 39.3 Å². The van der Waals surface area contributed by atoms with Crippen LogP contribution in [0.15, 0.2) is 12.7 Å². The second kappa shape index (κ2) is 6.75. The van der Waals surface area contributed by atoms with E-state index in [9.17, 15) is 9.59 Å². The van der Waals surface area contributed by atoms with Gasteiger partial charge < -0.3 is 10.2 Å². The SMILES string of the molecule is C=CCNC(=O)CN1CCN(C(=O)C23CC4CC(CC(C4)C2)C3)CC1. The van der Waals surface area contributed by atoms with Gasteiger partial charge in [-0.1, -0.05) is 6.08 Å². The number of hydrogen-bond donors (Lipinski definition) is 1. The maximum Gasteiger partial charge on any atom is 0.234 e. The van der Waals surface area contributed by atoms with E-state index >= 15 is 0 Å². The van der Waals surface area contributed by atoms with Crippen LogP contribution >= 0.6 is 0 Å². The summed E-state index contributed by atoms with van der Waals surface area (Å²) in [4.78, 5) is 29.4. The van der Waals surface area contributed by atoms with Crippen LogP contribution in [0.1, 0.15) is 38.5 Å². The molecule has 25 heavy (non-hydrogen) atoms. The van der Waals surface area contributed by atoms with Gasteiger partial charge in [0.05, 0.1) is 12.0 Å². The lowest BCUT2D eigenvalue weighted by Crippen LogP contribution is -2.58. The van der Waals surface area contributed by atoms with Crippen LogP contribution in [-0.2, 0) is 9.59 Å². The minimum absolute atomic E-state index is 0.0295. The van der Waals surface area contributed by atoms with Crippen molar-refractivity contribution in [1.82, 2.24) is 15.1 Å². The molecule has 4 aliphatic carbocycles. The Labute approximate surface area is 150 Å². The largest absolute Gasteiger partial charge is 0.352 e. The van der Waals surface area contributed by atoms with Gasteiger partial charge in [0.2, 0.25) is 11.8 Å². The Hall–Kier alpha value is -1.36. The first kappa shape index (κ1) is 17.1. The second-order valence-electron chi connectivity index (χ2n) is 8.86. The van der Waals surface area contributed by atoms with Crippen molar-refractivity contribution in [2.45, 2.75) is 38.5 Å². The molecule has 0 aromatic heterocycles. The molecule has 0 spiro atoms. The predicted molar refractivity (Wildman–Crippen MR) is 96.8 cm³/mol. The molecule has 1 saturated heterocycles. The quantitative estimate of drug-likeness (QED) is 0.771. The molecular formula is C20H31N3O2. The molecule has 5 aliphatic rings. The van der Waals surface area contributed by atoms with E-state index in [-0.39, 0.29) is 11.3 Å². The highest BCUT2D eigenvalue weighted by Gasteiger charge is 2.55. The molecule has 4 saturated carbocycles. The highest BCUT2D eigenvalue weighted by Crippen LogP contribution is 2.60. The summed E-state index contributed by atoms with van der Waals surface area (Å²) >= 11 is 0. The van der Waals surface area contributed by atoms with Gasteiger partial charge in [-0.25, -0.2) is 0 Å². The summed E-state index contributed by atoms with van der Waals surface area (Å²) in [6.45, 7) is 7.71. The number of hydrogen-bond acceptors (Lipinski definition) is 3.